The van der Waals surface area contributed by atoms with Crippen LogP contribution in [0.1, 0.15) is 17.2 Å². The highest BCUT2D eigenvalue weighted by Gasteiger charge is 2.30. The second-order valence-corrected chi connectivity index (χ2v) is 5.44. The lowest BCUT2D eigenvalue weighted by atomic mass is 9.97. The van der Waals surface area contributed by atoms with Crippen molar-refractivity contribution in [2.75, 3.05) is 4.90 Å². The quantitative estimate of drug-likeness (QED) is 0.729. The fraction of sp³-hybridized carbons (Fsp3) is 0.0625. The largest absolute Gasteiger partial charge is 0.303 e. The van der Waals surface area contributed by atoms with E-state index in [0.717, 1.165) is 5.56 Å². The summed E-state index contributed by atoms with van der Waals surface area (Å²) in [7, 11) is 0. The maximum absolute atomic E-state index is 14.1. The minimum Gasteiger partial charge on any atom is -0.303 e. The number of nitrogens with zero attached hydrogens (tertiary/aromatic N) is 1. The molecule has 0 bridgehead atoms. The lowest BCUT2D eigenvalue weighted by molar-refractivity contribution is -0.107. The van der Waals surface area contributed by atoms with E-state index < -0.39 is 11.9 Å². The molecule has 0 N–H and O–H groups in total. The van der Waals surface area contributed by atoms with Crippen molar-refractivity contribution in [1.29, 1.82) is 0 Å². The Morgan fingerprint density at radius 2 is 1.86 bits per heavy atom. The van der Waals surface area contributed by atoms with Gasteiger partial charge in [-0.25, -0.2) is 4.39 Å². The zero-order valence-corrected chi connectivity index (χ0v) is 12.3. The second kappa shape index (κ2) is 5.51. The van der Waals surface area contributed by atoms with Gasteiger partial charge in [0.2, 0.25) is 6.41 Å². The van der Waals surface area contributed by atoms with Gasteiger partial charge in [0, 0.05) is 21.2 Å². The van der Waals surface area contributed by atoms with E-state index in [4.69, 9.17) is 23.2 Å². The molecule has 21 heavy (non-hydrogen) atoms. The minimum atomic E-state index is -0.668. The molecule has 0 radical (unpaired) electrons. The summed E-state index contributed by atoms with van der Waals surface area (Å²) in [5.41, 5.74) is 1.60. The molecule has 1 atom stereocenters. The van der Waals surface area contributed by atoms with Crippen LogP contribution in [0.5, 0.6) is 0 Å². The fourth-order valence-corrected chi connectivity index (χ4v) is 3.05. The van der Waals surface area contributed by atoms with Crippen LogP contribution in [0.15, 0.2) is 48.5 Å². The summed E-state index contributed by atoms with van der Waals surface area (Å²) in [5, 5.41) is 0.722. The normalized spacial score (nSPS) is 17.2. The molecule has 1 aliphatic rings. The Bertz CT molecular complexity index is 725. The van der Waals surface area contributed by atoms with E-state index in [0.29, 0.717) is 17.1 Å². The van der Waals surface area contributed by atoms with Crippen LogP contribution in [0, 0.1) is 5.82 Å². The number of hydrogen-bond acceptors (Lipinski definition) is 1. The molecule has 3 rings (SSSR count). The lowest BCUT2D eigenvalue weighted by Crippen LogP contribution is -2.30. The van der Waals surface area contributed by atoms with Crippen LogP contribution < -0.4 is 4.90 Å². The highest BCUT2D eigenvalue weighted by Crippen LogP contribution is 2.43. The summed E-state index contributed by atoms with van der Waals surface area (Å²) in [5.74, 6) is -0.473. The molecule has 2 aromatic rings. The van der Waals surface area contributed by atoms with Gasteiger partial charge >= 0.3 is 0 Å². The molecule has 1 unspecified atom stereocenters. The third-order valence-corrected chi connectivity index (χ3v) is 4.11. The Hall–Kier alpha value is -1.84. The number of para-hydroxylation sites is 1. The molecule has 1 amide bonds. The van der Waals surface area contributed by atoms with Crippen molar-refractivity contribution >= 4 is 40.3 Å². The van der Waals surface area contributed by atoms with Crippen molar-refractivity contribution in [1.82, 2.24) is 0 Å². The molecule has 0 saturated heterocycles. The molecule has 0 spiro atoms. The van der Waals surface area contributed by atoms with Gasteiger partial charge in [-0.1, -0.05) is 47.5 Å². The van der Waals surface area contributed by atoms with Crippen LogP contribution >= 0.6 is 23.2 Å². The molecule has 0 aromatic heterocycles. The molecule has 0 aliphatic carbocycles. The first-order chi connectivity index (χ1) is 10.1. The average Bonchev–Trinajstić information content (AvgIpc) is 2.47. The maximum Gasteiger partial charge on any atom is 0.214 e. The monoisotopic (exact) mass is 321 g/mol. The van der Waals surface area contributed by atoms with Gasteiger partial charge in [-0.2, -0.15) is 0 Å². The van der Waals surface area contributed by atoms with Crippen molar-refractivity contribution in [3.05, 3.63) is 70.5 Å². The predicted molar refractivity (Wildman–Crippen MR) is 83.0 cm³/mol. The molecule has 2 nitrogen and oxygen atoms in total. The lowest BCUT2D eigenvalue weighted by Gasteiger charge is -2.32. The zero-order valence-electron chi connectivity index (χ0n) is 10.8. The predicted octanol–water partition coefficient (Wildman–Crippen LogP) is 4.78. The van der Waals surface area contributed by atoms with Crippen LogP contribution in [-0.4, -0.2) is 6.41 Å². The van der Waals surface area contributed by atoms with Crippen molar-refractivity contribution in [3.63, 3.8) is 0 Å². The number of hydrogen-bond donors (Lipinski definition) is 0. The number of halogens is 3. The van der Waals surface area contributed by atoms with Gasteiger partial charge in [-0.05, 0) is 24.3 Å². The highest BCUT2D eigenvalue weighted by molar-refractivity contribution is 6.49. The van der Waals surface area contributed by atoms with E-state index in [1.165, 1.54) is 17.0 Å². The van der Waals surface area contributed by atoms with E-state index in [2.05, 4.69) is 0 Å². The fourth-order valence-electron chi connectivity index (χ4n) is 2.50. The molecular weight excluding hydrogens is 312 g/mol. The van der Waals surface area contributed by atoms with Crippen LogP contribution in [0.4, 0.5) is 10.1 Å². The number of fused-ring (bicyclic) bond motifs is 1. The van der Waals surface area contributed by atoms with Gasteiger partial charge in [0.15, 0.2) is 0 Å². The van der Waals surface area contributed by atoms with E-state index in [1.807, 2.05) is 12.1 Å². The Morgan fingerprint density at radius 3 is 2.57 bits per heavy atom. The van der Waals surface area contributed by atoms with Crippen LogP contribution in [0.3, 0.4) is 0 Å². The molecule has 0 saturated carbocycles. The van der Waals surface area contributed by atoms with E-state index in [1.54, 1.807) is 24.3 Å². The summed E-state index contributed by atoms with van der Waals surface area (Å²) < 4.78 is 14.1. The minimum absolute atomic E-state index is 0.235. The Morgan fingerprint density at radius 1 is 1.10 bits per heavy atom. The molecule has 1 heterocycles. The highest BCUT2D eigenvalue weighted by atomic mass is 35.5. The van der Waals surface area contributed by atoms with Crippen molar-refractivity contribution < 1.29 is 9.18 Å². The molecule has 1 aliphatic heterocycles. The van der Waals surface area contributed by atoms with Crippen molar-refractivity contribution in [2.24, 2.45) is 0 Å². The van der Waals surface area contributed by atoms with Gasteiger partial charge in [-0.15, -0.1) is 0 Å². The van der Waals surface area contributed by atoms with Crippen LogP contribution in [0.2, 0.25) is 5.02 Å². The van der Waals surface area contributed by atoms with E-state index in [-0.39, 0.29) is 10.6 Å². The Labute approximate surface area is 131 Å². The zero-order chi connectivity index (χ0) is 15.0. The first-order valence-electron chi connectivity index (χ1n) is 6.27. The summed E-state index contributed by atoms with van der Waals surface area (Å²) in [6.45, 7) is 0. The molecular formula is C16H10Cl2FNO. The van der Waals surface area contributed by atoms with Crippen molar-refractivity contribution in [3.8, 4) is 0 Å². The summed E-state index contributed by atoms with van der Waals surface area (Å²) in [4.78, 5) is 12.9. The van der Waals surface area contributed by atoms with Gasteiger partial charge in [-0.3, -0.25) is 4.79 Å². The Kier molecular flexibility index (Phi) is 3.70. The van der Waals surface area contributed by atoms with E-state index in [9.17, 15) is 9.18 Å². The molecule has 0 fully saturated rings. The van der Waals surface area contributed by atoms with Crippen molar-refractivity contribution in [2.45, 2.75) is 6.04 Å². The standard InChI is InChI=1S/C16H10Cl2FNO/c17-11-5-3-6-13(19)16(11)15-8-12(18)10-4-1-2-7-14(10)20(15)9-21/h1-9,15H. The maximum atomic E-state index is 14.1. The third-order valence-electron chi connectivity index (χ3n) is 3.45. The summed E-state index contributed by atoms with van der Waals surface area (Å²) >= 11 is 12.4. The first kappa shape index (κ1) is 14.1. The number of carbonyl (C=O) groups excluding carboxylic acids is 1. The molecule has 2 aromatic carbocycles. The van der Waals surface area contributed by atoms with Gasteiger partial charge in [0.25, 0.3) is 0 Å². The summed E-state index contributed by atoms with van der Waals surface area (Å²) in [6, 6.07) is 11.0. The number of benzene rings is 2. The van der Waals surface area contributed by atoms with Crippen LogP contribution in [0.25, 0.3) is 5.03 Å². The summed E-state index contributed by atoms with van der Waals surface area (Å²) in [6.07, 6.45) is 2.29. The first-order valence-corrected chi connectivity index (χ1v) is 7.03. The average molecular weight is 322 g/mol. The number of anilines is 1. The van der Waals surface area contributed by atoms with E-state index >= 15 is 0 Å². The second-order valence-electron chi connectivity index (χ2n) is 4.62. The Balaban J connectivity index is 2.21. The van der Waals surface area contributed by atoms with Gasteiger partial charge in [0.05, 0.1) is 11.7 Å². The van der Waals surface area contributed by atoms with Gasteiger partial charge < -0.3 is 4.90 Å². The topological polar surface area (TPSA) is 20.3 Å². The number of rotatable bonds is 2. The smallest absolute Gasteiger partial charge is 0.214 e. The molecule has 5 heteroatoms. The van der Waals surface area contributed by atoms with Gasteiger partial charge in [0.1, 0.15) is 5.82 Å². The third kappa shape index (κ3) is 2.33. The SMILES string of the molecule is O=CN1c2ccccc2C(Cl)=CC1c1c(F)cccc1Cl. The van der Waals surface area contributed by atoms with Crippen LogP contribution in [-0.2, 0) is 4.79 Å². The number of carbonyl (C=O) groups is 1. The number of amides is 1. The molecule has 106 valence electrons.